The molecular formula is C23H20BrN3O3. The Hall–Kier alpha value is -2.51. The molecule has 0 radical (unpaired) electrons. The molecule has 4 unspecified atom stereocenters. The van der Waals surface area contributed by atoms with Crippen LogP contribution < -0.4 is 10.2 Å². The number of rotatable bonds is 1. The summed E-state index contributed by atoms with van der Waals surface area (Å²) in [6, 6.07) is 13.0. The van der Waals surface area contributed by atoms with Crippen molar-refractivity contribution in [3.63, 3.8) is 0 Å². The topological polar surface area (TPSA) is 69.7 Å². The lowest BCUT2D eigenvalue weighted by Gasteiger charge is -2.36. The van der Waals surface area contributed by atoms with Crippen LogP contribution in [0.4, 0.5) is 11.4 Å². The van der Waals surface area contributed by atoms with E-state index in [-0.39, 0.29) is 23.8 Å². The second kappa shape index (κ2) is 6.02. The molecule has 3 amide bonds. The van der Waals surface area contributed by atoms with E-state index in [0.29, 0.717) is 16.7 Å². The first-order valence-corrected chi connectivity index (χ1v) is 11.1. The van der Waals surface area contributed by atoms with E-state index in [2.05, 4.69) is 26.1 Å². The van der Waals surface area contributed by atoms with Crippen LogP contribution in [0.1, 0.15) is 24.0 Å². The maximum Gasteiger partial charge on any atom is 0.250 e. The van der Waals surface area contributed by atoms with Crippen LogP contribution in [-0.4, -0.2) is 35.2 Å². The van der Waals surface area contributed by atoms with E-state index in [4.69, 9.17) is 0 Å². The molecule has 4 heterocycles. The number of nitrogens with one attached hydrogen (secondary N) is 1. The number of hydrogen-bond acceptors (Lipinski definition) is 4. The molecule has 30 heavy (non-hydrogen) atoms. The van der Waals surface area contributed by atoms with Gasteiger partial charge in [0, 0.05) is 21.8 Å². The third-order valence-electron chi connectivity index (χ3n) is 7.24. The van der Waals surface area contributed by atoms with E-state index in [0.717, 1.165) is 29.7 Å². The van der Waals surface area contributed by atoms with Crippen molar-refractivity contribution in [1.29, 1.82) is 0 Å². The molecule has 7 heteroatoms. The Kier molecular flexibility index (Phi) is 3.66. The van der Waals surface area contributed by atoms with Gasteiger partial charge in [0.15, 0.2) is 0 Å². The van der Waals surface area contributed by atoms with Gasteiger partial charge >= 0.3 is 0 Å². The SMILES string of the molecule is Cc1ccc2c(c1)C1(C(=O)N2)C2C(=O)N(c3ccccc3Br)C(=O)C2C2CCCN21. The van der Waals surface area contributed by atoms with E-state index < -0.39 is 17.4 Å². The highest BCUT2D eigenvalue weighted by Crippen LogP contribution is 2.60. The lowest BCUT2D eigenvalue weighted by molar-refractivity contribution is -0.135. The van der Waals surface area contributed by atoms with Crippen LogP contribution in [0.25, 0.3) is 0 Å². The first kappa shape index (κ1) is 18.3. The minimum Gasteiger partial charge on any atom is -0.324 e. The smallest absolute Gasteiger partial charge is 0.250 e. The normalized spacial score (nSPS) is 32.0. The Morgan fingerprint density at radius 1 is 1.10 bits per heavy atom. The second-order valence-corrected chi connectivity index (χ2v) is 9.49. The minimum absolute atomic E-state index is 0.101. The highest BCUT2D eigenvalue weighted by atomic mass is 79.9. The van der Waals surface area contributed by atoms with Crippen molar-refractivity contribution in [3.8, 4) is 0 Å². The number of imide groups is 1. The van der Waals surface area contributed by atoms with Gasteiger partial charge in [-0.3, -0.25) is 19.3 Å². The fourth-order valence-electron chi connectivity index (χ4n) is 6.19. The molecule has 2 aromatic carbocycles. The highest BCUT2D eigenvalue weighted by molar-refractivity contribution is 9.10. The molecule has 0 saturated carbocycles. The Balaban J connectivity index is 1.58. The van der Waals surface area contributed by atoms with Crippen LogP contribution in [0.5, 0.6) is 0 Å². The summed E-state index contributed by atoms with van der Waals surface area (Å²) in [5.74, 6) is -1.89. The third-order valence-corrected chi connectivity index (χ3v) is 7.91. The monoisotopic (exact) mass is 465 g/mol. The Morgan fingerprint density at radius 3 is 2.70 bits per heavy atom. The average Bonchev–Trinajstić information content (AvgIpc) is 3.42. The van der Waals surface area contributed by atoms with Gasteiger partial charge in [-0.25, -0.2) is 4.90 Å². The molecule has 152 valence electrons. The minimum atomic E-state index is -1.12. The number of nitrogens with zero attached hydrogens (tertiary/aromatic N) is 2. The summed E-state index contributed by atoms with van der Waals surface area (Å²) < 4.78 is 0.691. The largest absolute Gasteiger partial charge is 0.324 e. The molecule has 3 saturated heterocycles. The Labute approximate surface area is 182 Å². The van der Waals surface area contributed by atoms with Crippen molar-refractivity contribution < 1.29 is 14.4 Å². The molecule has 4 aliphatic rings. The highest BCUT2D eigenvalue weighted by Gasteiger charge is 2.74. The first-order chi connectivity index (χ1) is 14.5. The first-order valence-electron chi connectivity index (χ1n) is 10.3. The fraction of sp³-hybridized carbons (Fsp3) is 0.348. The summed E-state index contributed by atoms with van der Waals surface area (Å²) in [4.78, 5) is 44.5. The van der Waals surface area contributed by atoms with Gasteiger partial charge in [-0.15, -0.1) is 0 Å². The summed E-state index contributed by atoms with van der Waals surface area (Å²) in [6.45, 7) is 2.70. The van der Waals surface area contributed by atoms with Crippen LogP contribution in [0.15, 0.2) is 46.9 Å². The maximum absolute atomic E-state index is 13.9. The van der Waals surface area contributed by atoms with Gasteiger partial charge in [-0.2, -0.15) is 0 Å². The van der Waals surface area contributed by atoms with Gasteiger partial charge < -0.3 is 5.32 Å². The van der Waals surface area contributed by atoms with Gasteiger partial charge in [-0.1, -0.05) is 29.8 Å². The van der Waals surface area contributed by atoms with E-state index in [1.54, 1.807) is 6.07 Å². The van der Waals surface area contributed by atoms with E-state index in [1.165, 1.54) is 4.90 Å². The zero-order valence-electron chi connectivity index (χ0n) is 16.4. The molecule has 0 bridgehead atoms. The van der Waals surface area contributed by atoms with E-state index >= 15 is 0 Å². The van der Waals surface area contributed by atoms with E-state index in [1.807, 2.05) is 43.3 Å². The number of carbonyl (C=O) groups is 3. The number of hydrogen-bond donors (Lipinski definition) is 1. The number of anilines is 2. The zero-order valence-corrected chi connectivity index (χ0v) is 18.0. The molecule has 0 aliphatic carbocycles. The number of fused-ring (bicyclic) bond motifs is 7. The number of amides is 3. The molecule has 3 fully saturated rings. The van der Waals surface area contributed by atoms with Gasteiger partial charge in [-0.05, 0) is 60.4 Å². The standard InChI is InChI=1S/C23H20BrN3O3/c1-12-8-9-15-13(11-12)23(22(30)25-15)19-18(17-7-4-10-26(17)23)20(28)27(21(19)29)16-6-3-2-5-14(16)24/h2-3,5-6,8-9,11,17-19H,4,7,10H2,1H3,(H,25,30). The molecule has 4 aliphatic heterocycles. The van der Waals surface area contributed by atoms with Crippen molar-refractivity contribution in [3.05, 3.63) is 58.1 Å². The predicted octanol–water partition coefficient (Wildman–Crippen LogP) is 3.19. The third kappa shape index (κ3) is 2.00. The number of para-hydroxylation sites is 1. The number of carbonyl (C=O) groups excluding carboxylic acids is 3. The fourth-order valence-corrected chi connectivity index (χ4v) is 6.65. The number of benzene rings is 2. The average molecular weight is 466 g/mol. The van der Waals surface area contributed by atoms with Gasteiger partial charge in [0.25, 0.3) is 0 Å². The predicted molar refractivity (Wildman–Crippen MR) is 115 cm³/mol. The van der Waals surface area contributed by atoms with Gasteiger partial charge in [0.2, 0.25) is 17.7 Å². The lowest BCUT2D eigenvalue weighted by atomic mass is 9.75. The Bertz CT molecular complexity index is 1150. The van der Waals surface area contributed by atoms with Gasteiger partial charge in [0.1, 0.15) is 5.54 Å². The Morgan fingerprint density at radius 2 is 1.90 bits per heavy atom. The molecule has 6 rings (SSSR count). The quantitative estimate of drug-likeness (QED) is 0.656. The van der Waals surface area contributed by atoms with E-state index in [9.17, 15) is 14.4 Å². The van der Waals surface area contributed by atoms with Crippen molar-refractivity contribution in [2.24, 2.45) is 11.8 Å². The van der Waals surface area contributed by atoms with Crippen molar-refractivity contribution in [2.75, 3.05) is 16.8 Å². The van der Waals surface area contributed by atoms with Crippen LogP contribution in [0.3, 0.4) is 0 Å². The van der Waals surface area contributed by atoms with Crippen LogP contribution in [0.2, 0.25) is 0 Å². The van der Waals surface area contributed by atoms with Crippen molar-refractivity contribution in [2.45, 2.75) is 31.3 Å². The summed E-state index contributed by atoms with van der Waals surface area (Å²) in [5.41, 5.74) is 2.04. The summed E-state index contributed by atoms with van der Waals surface area (Å²) in [5, 5.41) is 3.01. The molecule has 6 nitrogen and oxygen atoms in total. The second-order valence-electron chi connectivity index (χ2n) is 8.64. The van der Waals surface area contributed by atoms with Gasteiger partial charge in [0.05, 0.1) is 17.5 Å². The molecular weight excluding hydrogens is 446 g/mol. The molecule has 1 N–H and O–H groups in total. The van der Waals surface area contributed by atoms with Crippen LogP contribution in [0, 0.1) is 18.8 Å². The van der Waals surface area contributed by atoms with Crippen LogP contribution >= 0.6 is 15.9 Å². The van der Waals surface area contributed by atoms with Crippen molar-refractivity contribution in [1.82, 2.24) is 4.90 Å². The summed E-state index contributed by atoms with van der Waals surface area (Å²) in [6.07, 6.45) is 1.74. The number of aryl methyl sites for hydroxylation is 1. The maximum atomic E-state index is 13.9. The van der Waals surface area contributed by atoms with Crippen molar-refractivity contribution >= 4 is 45.0 Å². The molecule has 0 aromatic heterocycles. The van der Waals surface area contributed by atoms with Crippen LogP contribution in [-0.2, 0) is 19.9 Å². The molecule has 1 spiro atoms. The summed E-state index contributed by atoms with van der Waals surface area (Å²) >= 11 is 3.48. The molecule has 2 aromatic rings. The molecule has 4 atom stereocenters. The number of halogens is 1. The zero-order chi connectivity index (χ0) is 20.8. The lowest BCUT2D eigenvalue weighted by Crippen LogP contribution is -2.54. The summed E-state index contributed by atoms with van der Waals surface area (Å²) in [7, 11) is 0.